The summed E-state index contributed by atoms with van der Waals surface area (Å²) in [6.45, 7) is 0.844. The molecule has 0 fully saturated rings. The maximum absolute atomic E-state index is 11.9. The van der Waals surface area contributed by atoms with Crippen LogP contribution < -0.4 is 11.1 Å². The van der Waals surface area contributed by atoms with Gasteiger partial charge in [0, 0.05) is 31.0 Å². The lowest BCUT2D eigenvalue weighted by Crippen LogP contribution is -2.30. The number of aromatic nitrogens is 1. The van der Waals surface area contributed by atoms with Crippen LogP contribution in [-0.4, -0.2) is 23.6 Å². The van der Waals surface area contributed by atoms with E-state index in [1.807, 2.05) is 13.1 Å². The molecule has 1 aromatic heterocycles. The number of amides is 1. The van der Waals surface area contributed by atoms with E-state index in [4.69, 9.17) is 28.9 Å². The Kier molecular flexibility index (Phi) is 3.80. The zero-order chi connectivity index (χ0) is 13.3. The van der Waals surface area contributed by atoms with E-state index in [2.05, 4.69) is 5.32 Å². The van der Waals surface area contributed by atoms with Crippen molar-refractivity contribution in [2.75, 3.05) is 13.1 Å². The molecular formula is C12H13Cl2N3O. The van der Waals surface area contributed by atoms with Gasteiger partial charge in [0.1, 0.15) is 5.69 Å². The summed E-state index contributed by atoms with van der Waals surface area (Å²) >= 11 is 12.1. The molecule has 0 aliphatic heterocycles. The van der Waals surface area contributed by atoms with Crippen LogP contribution >= 0.6 is 23.2 Å². The standard InChI is InChI=1S/C12H13Cl2N3O/c1-17-9-3-2-8(13)11(14)7(9)6-10(17)12(18)16-5-4-15/h2-3,6H,4-5,15H2,1H3,(H,16,18). The molecular weight excluding hydrogens is 273 g/mol. The largest absolute Gasteiger partial charge is 0.349 e. The first-order chi connectivity index (χ1) is 8.56. The molecule has 0 spiro atoms. The minimum Gasteiger partial charge on any atom is -0.349 e. The molecule has 96 valence electrons. The first-order valence-electron chi connectivity index (χ1n) is 5.48. The average molecular weight is 286 g/mol. The molecule has 0 saturated carbocycles. The van der Waals surface area contributed by atoms with E-state index < -0.39 is 0 Å². The van der Waals surface area contributed by atoms with Crippen molar-refractivity contribution in [1.29, 1.82) is 0 Å². The number of carbonyl (C=O) groups is 1. The van der Waals surface area contributed by atoms with E-state index in [9.17, 15) is 4.79 Å². The molecule has 1 amide bonds. The highest BCUT2D eigenvalue weighted by Crippen LogP contribution is 2.32. The van der Waals surface area contributed by atoms with E-state index >= 15 is 0 Å². The van der Waals surface area contributed by atoms with Crippen molar-refractivity contribution in [2.24, 2.45) is 12.8 Å². The van der Waals surface area contributed by atoms with Crippen LogP contribution in [-0.2, 0) is 7.05 Å². The van der Waals surface area contributed by atoms with Gasteiger partial charge in [-0.1, -0.05) is 23.2 Å². The van der Waals surface area contributed by atoms with Crippen LogP contribution in [0.5, 0.6) is 0 Å². The topological polar surface area (TPSA) is 60.0 Å². The Balaban J connectivity index is 2.50. The van der Waals surface area contributed by atoms with Gasteiger partial charge >= 0.3 is 0 Å². The lowest BCUT2D eigenvalue weighted by atomic mass is 10.2. The first kappa shape index (κ1) is 13.2. The highest BCUT2D eigenvalue weighted by atomic mass is 35.5. The van der Waals surface area contributed by atoms with Gasteiger partial charge < -0.3 is 15.6 Å². The van der Waals surface area contributed by atoms with Crippen LogP contribution in [0.15, 0.2) is 18.2 Å². The molecule has 4 nitrogen and oxygen atoms in total. The summed E-state index contributed by atoms with van der Waals surface area (Å²) in [5.74, 6) is -0.175. The molecule has 1 aromatic carbocycles. The number of hydrogen-bond acceptors (Lipinski definition) is 2. The smallest absolute Gasteiger partial charge is 0.267 e. The second-order valence-electron chi connectivity index (χ2n) is 3.93. The number of hydrogen-bond donors (Lipinski definition) is 2. The Morgan fingerprint density at radius 2 is 2.17 bits per heavy atom. The van der Waals surface area contributed by atoms with Crippen molar-refractivity contribution in [2.45, 2.75) is 0 Å². The number of rotatable bonds is 3. The molecule has 18 heavy (non-hydrogen) atoms. The van der Waals surface area contributed by atoms with Gasteiger partial charge in [-0.15, -0.1) is 0 Å². The number of carbonyl (C=O) groups excluding carboxylic acids is 1. The summed E-state index contributed by atoms with van der Waals surface area (Å²) < 4.78 is 1.78. The zero-order valence-corrected chi connectivity index (χ0v) is 11.3. The fourth-order valence-corrected chi connectivity index (χ4v) is 2.22. The van der Waals surface area contributed by atoms with Gasteiger partial charge in [-0.25, -0.2) is 0 Å². The molecule has 1 heterocycles. The molecule has 0 atom stereocenters. The number of fused-ring (bicyclic) bond motifs is 1. The summed E-state index contributed by atoms with van der Waals surface area (Å²) in [5, 5.41) is 4.43. The van der Waals surface area contributed by atoms with Crippen molar-refractivity contribution in [3.63, 3.8) is 0 Å². The molecule has 0 saturated heterocycles. The minimum atomic E-state index is -0.175. The number of nitrogens with one attached hydrogen (secondary N) is 1. The number of benzene rings is 1. The normalized spacial score (nSPS) is 10.9. The maximum Gasteiger partial charge on any atom is 0.267 e. The van der Waals surface area contributed by atoms with Gasteiger partial charge in [0.25, 0.3) is 5.91 Å². The van der Waals surface area contributed by atoms with Crippen LogP contribution in [0.2, 0.25) is 10.0 Å². The van der Waals surface area contributed by atoms with Crippen LogP contribution in [0.3, 0.4) is 0 Å². The third-order valence-electron chi connectivity index (χ3n) is 2.78. The maximum atomic E-state index is 11.9. The van der Waals surface area contributed by atoms with Crippen molar-refractivity contribution in [3.05, 3.63) is 33.9 Å². The lowest BCUT2D eigenvalue weighted by molar-refractivity contribution is 0.0947. The molecule has 0 bridgehead atoms. The fraction of sp³-hybridized carbons (Fsp3) is 0.250. The zero-order valence-electron chi connectivity index (χ0n) is 9.84. The summed E-state index contributed by atoms with van der Waals surface area (Å²) in [4.78, 5) is 11.9. The second kappa shape index (κ2) is 5.18. The fourth-order valence-electron chi connectivity index (χ4n) is 1.84. The molecule has 2 aromatic rings. The van der Waals surface area contributed by atoms with Gasteiger partial charge in [-0.3, -0.25) is 4.79 Å². The average Bonchev–Trinajstić information content (AvgIpc) is 2.69. The number of nitrogens with two attached hydrogens (primary N) is 1. The molecule has 0 radical (unpaired) electrons. The summed E-state index contributed by atoms with van der Waals surface area (Å²) in [6, 6.07) is 5.28. The van der Waals surface area contributed by atoms with Crippen molar-refractivity contribution in [3.8, 4) is 0 Å². The molecule has 0 unspecified atom stereocenters. The predicted octanol–water partition coefficient (Wildman–Crippen LogP) is 2.17. The van der Waals surface area contributed by atoms with Crippen LogP contribution in [0.4, 0.5) is 0 Å². The van der Waals surface area contributed by atoms with E-state index in [0.29, 0.717) is 28.8 Å². The Morgan fingerprint density at radius 3 is 2.83 bits per heavy atom. The first-order valence-corrected chi connectivity index (χ1v) is 6.23. The highest BCUT2D eigenvalue weighted by Gasteiger charge is 2.15. The van der Waals surface area contributed by atoms with E-state index in [1.165, 1.54) is 0 Å². The SMILES string of the molecule is Cn1c(C(=O)NCCN)cc2c(Cl)c(Cl)ccc21. The highest BCUT2D eigenvalue weighted by molar-refractivity contribution is 6.45. The van der Waals surface area contributed by atoms with Crippen molar-refractivity contribution < 1.29 is 4.79 Å². The monoisotopic (exact) mass is 285 g/mol. The molecule has 0 aliphatic rings. The third-order valence-corrected chi connectivity index (χ3v) is 3.59. The predicted molar refractivity (Wildman–Crippen MR) is 74.3 cm³/mol. The second-order valence-corrected chi connectivity index (χ2v) is 4.71. The van der Waals surface area contributed by atoms with Gasteiger partial charge in [0.15, 0.2) is 0 Å². The lowest BCUT2D eigenvalue weighted by Gasteiger charge is -2.05. The number of aryl methyl sites for hydroxylation is 1. The van der Waals surface area contributed by atoms with E-state index in [0.717, 1.165) is 10.9 Å². The van der Waals surface area contributed by atoms with Crippen LogP contribution in [0, 0.1) is 0 Å². The van der Waals surface area contributed by atoms with Gasteiger partial charge in [0.05, 0.1) is 10.0 Å². The van der Waals surface area contributed by atoms with Gasteiger partial charge in [-0.2, -0.15) is 0 Å². The molecule has 6 heteroatoms. The Labute approximate surface area is 115 Å². The van der Waals surface area contributed by atoms with Crippen LogP contribution in [0.25, 0.3) is 10.9 Å². The molecule has 3 N–H and O–H groups in total. The Morgan fingerprint density at radius 1 is 1.44 bits per heavy atom. The summed E-state index contributed by atoms with van der Waals surface area (Å²) in [7, 11) is 1.81. The Hall–Kier alpha value is -1.23. The quantitative estimate of drug-likeness (QED) is 0.908. The summed E-state index contributed by atoms with van der Waals surface area (Å²) in [6.07, 6.45) is 0. The third kappa shape index (κ3) is 2.19. The van der Waals surface area contributed by atoms with Crippen molar-refractivity contribution >= 4 is 40.0 Å². The molecule has 0 aliphatic carbocycles. The van der Waals surface area contributed by atoms with Gasteiger partial charge in [-0.05, 0) is 18.2 Å². The van der Waals surface area contributed by atoms with E-state index in [-0.39, 0.29) is 5.91 Å². The minimum absolute atomic E-state index is 0.175. The van der Waals surface area contributed by atoms with Crippen LogP contribution in [0.1, 0.15) is 10.5 Å². The molecule has 2 rings (SSSR count). The van der Waals surface area contributed by atoms with Crippen molar-refractivity contribution in [1.82, 2.24) is 9.88 Å². The number of nitrogens with zero attached hydrogens (tertiary/aromatic N) is 1. The van der Waals surface area contributed by atoms with Gasteiger partial charge in [0.2, 0.25) is 0 Å². The number of halogens is 2. The summed E-state index contributed by atoms with van der Waals surface area (Å²) in [5.41, 5.74) is 6.75. The van der Waals surface area contributed by atoms with E-state index in [1.54, 1.807) is 16.7 Å². The Bertz CT molecular complexity index is 607.